The predicted molar refractivity (Wildman–Crippen MR) is 132 cm³/mol. The second-order valence-corrected chi connectivity index (χ2v) is 8.15. The van der Waals surface area contributed by atoms with Crippen molar-refractivity contribution in [1.82, 2.24) is 9.78 Å². The van der Waals surface area contributed by atoms with Crippen molar-refractivity contribution in [1.29, 1.82) is 0 Å². The largest absolute Gasteiger partial charge is 0.447 e. The van der Waals surface area contributed by atoms with Crippen molar-refractivity contribution in [2.45, 2.75) is 19.4 Å². The lowest BCUT2D eigenvalue weighted by Crippen LogP contribution is -2.28. The van der Waals surface area contributed by atoms with Crippen LogP contribution in [0.1, 0.15) is 22.9 Å². The Kier molecular flexibility index (Phi) is 6.86. The molecule has 10 heteroatoms. The van der Waals surface area contributed by atoms with Gasteiger partial charge in [0.1, 0.15) is 5.69 Å². The van der Waals surface area contributed by atoms with E-state index in [0.717, 1.165) is 4.68 Å². The highest BCUT2D eigenvalue weighted by Gasteiger charge is 2.28. The lowest BCUT2D eigenvalue weighted by Gasteiger charge is -2.18. The standard InChI is InChI=1S/C26H22N4O6/c1-16-12-13-20(22(14-16)30(34)35)27-25(32)24(17-8-4-3-5-9-17)36-23(31)15-21-18-10-6-7-11-19(18)26(33)29(2)28-21/h3-14,24H,15H2,1-2H3,(H,27,32). The molecule has 0 saturated carbocycles. The normalized spacial score (nSPS) is 11.6. The first kappa shape index (κ1) is 24.3. The Morgan fingerprint density at radius 3 is 2.42 bits per heavy atom. The summed E-state index contributed by atoms with van der Waals surface area (Å²) in [4.78, 5) is 49.4. The second-order valence-electron chi connectivity index (χ2n) is 8.15. The van der Waals surface area contributed by atoms with Gasteiger partial charge in [0.15, 0.2) is 0 Å². The summed E-state index contributed by atoms with van der Waals surface area (Å²) in [5.74, 6) is -1.51. The van der Waals surface area contributed by atoms with Crippen LogP contribution in [0.2, 0.25) is 0 Å². The van der Waals surface area contributed by atoms with Gasteiger partial charge in [-0.3, -0.25) is 24.5 Å². The molecule has 4 aromatic rings. The van der Waals surface area contributed by atoms with Gasteiger partial charge in [-0.1, -0.05) is 54.6 Å². The van der Waals surface area contributed by atoms with E-state index in [1.165, 1.54) is 19.2 Å². The lowest BCUT2D eigenvalue weighted by molar-refractivity contribution is -0.384. The molecule has 0 bridgehead atoms. The number of carbonyl (C=O) groups is 2. The summed E-state index contributed by atoms with van der Waals surface area (Å²) in [6.45, 7) is 1.70. The van der Waals surface area contributed by atoms with Crippen LogP contribution in [0.15, 0.2) is 77.6 Å². The first-order chi connectivity index (χ1) is 17.2. The van der Waals surface area contributed by atoms with Gasteiger partial charge in [-0.25, -0.2) is 4.68 Å². The number of anilines is 1. The summed E-state index contributed by atoms with van der Waals surface area (Å²) in [7, 11) is 1.48. The second kappa shape index (κ2) is 10.2. The fourth-order valence-electron chi connectivity index (χ4n) is 3.81. The minimum Gasteiger partial charge on any atom is -0.447 e. The Labute approximate surface area is 205 Å². The smallest absolute Gasteiger partial charge is 0.313 e. The molecule has 0 radical (unpaired) electrons. The van der Waals surface area contributed by atoms with Crippen LogP contribution in [0.5, 0.6) is 0 Å². The van der Waals surface area contributed by atoms with Crippen LogP contribution >= 0.6 is 0 Å². The van der Waals surface area contributed by atoms with Crippen molar-refractivity contribution in [2.24, 2.45) is 7.05 Å². The van der Waals surface area contributed by atoms with E-state index in [0.29, 0.717) is 27.6 Å². The summed E-state index contributed by atoms with van der Waals surface area (Å²) in [5.41, 5.74) is 0.766. The van der Waals surface area contributed by atoms with Crippen molar-refractivity contribution >= 4 is 34.0 Å². The highest BCUT2D eigenvalue weighted by atomic mass is 16.6. The molecule has 0 fully saturated rings. The third-order valence-corrected chi connectivity index (χ3v) is 5.54. The maximum Gasteiger partial charge on any atom is 0.313 e. The molecule has 1 atom stereocenters. The number of ether oxygens (including phenoxy) is 1. The number of fused-ring (bicyclic) bond motifs is 1. The van der Waals surface area contributed by atoms with Gasteiger partial charge in [-0.15, -0.1) is 0 Å². The number of esters is 1. The number of nitro groups is 1. The zero-order valence-corrected chi connectivity index (χ0v) is 19.5. The number of aryl methyl sites for hydroxylation is 2. The molecule has 182 valence electrons. The minimum atomic E-state index is -1.38. The molecule has 1 N–H and O–H groups in total. The van der Waals surface area contributed by atoms with Crippen LogP contribution in [0.4, 0.5) is 11.4 Å². The van der Waals surface area contributed by atoms with E-state index in [9.17, 15) is 24.5 Å². The van der Waals surface area contributed by atoms with E-state index in [-0.39, 0.29) is 23.4 Å². The molecular weight excluding hydrogens is 464 g/mol. The molecule has 0 aliphatic rings. The maximum atomic E-state index is 13.2. The fourth-order valence-corrected chi connectivity index (χ4v) is 3.81. The van der Waals surface area contributed by atoms with Gasteiger partial charge in [-0.05, 0) is 24.6 Å². The van der Waals surface area contributed by atoms with Crippen LogP contribution in [0.3, 0.4) is 0 Å². The molecule has 10 nitrogen and oxygen atoms in total. The number of carbonyl (C=O) groups excluding carboxylic acids is 2. The Morgan fingerprint density at radius 2 is 1.72 bits per heavy atom. The Hall–Kier alpha value is -4.86. The zero-order chi connectivity index (χ0) is 25.8. The number of rotatable bonds is 7. The molecule has 1 aromatic heterocycles. The number of nitrogens with one attached hydrogen (secondary N) is 1. The number of benzene rings is 3. The number of hydrogen-bond acceptors (Lipinski definition) is 7. The third kappa shape index (κ3) is 5.12. The summed E-state index contributed by atoms with van der Waals surface area (Å²) >= 11 is 0. The molecule has 1 unspecified atom stereocenters. The van der Waals surface area contributed by atoms with Gasteiger partial charge in [-0.2, -0.15) is 5.10 Å². The summed E-state index contributed by atoms with van der Waals surface area (Å²) in [5, 5.41) is 19.1. The SMILES string of the molecule is Cc1ccc(NC(=O)C(OC(=O)Cc2nn(C)c(=O)c3ccccc23)c2ccccc2)c([N+](=O)[O-])c1. The van der Waals surface area contributed by atoms with Gasteiger partial charge in [0.05, 0.1) is 22.4 Å². The van der Waals surface area contributed by atoms with Crippen LogP contribution in [-0.2, 0) is 27.8 Å². The van der Waals surface area contributed by atoms with Gasteiger partial charge >= 0.3 is 5.97 Å². The van der Waals surface area contributed by atoms with Crippen molar-refractivity contribution in [3.05, 3.63) is 110 Å². The Balaban J connectivity index is 1.63. The molecular formula is C26H22N4O6. The van der Waals surface area contributed by atoms with E-state index >= 15 is 0 Å². The van der Waals surface area contributed by atoms with E-state index in [4.69, 9.17) is 4.74 Å². The molecule has 1 amide bonds. The first-order valence-electron chi connectivity index (χ1n) is 11.0. The molecule has 0 aliphatic heterocycles. The quantitative estimate of drug-likeness (QED) is 0.240. The third-order valence-electron chi connectivity index (χ3n) is 5.54. The zero-order valence-electron chi connectivity index (χ0n) is 19.5. The molecule has 36 heavy (non-hydrogen) atoms. The first-order valence-corrected chi connectivity index (χ1v) is 11.0. The van der Waals surface area contributed by atoms with Crippen LogP contribution in [0, 0.1) is 17.0 Å². The van der Waals surface area contributed by atoms with Gasteiger partial charge in [0.2, 0.25) is 6.10 Å². The van der Waals surface area contributed by atoms with Crippen molar-refractivity contribution < 1.29 is 19.2 Å². The summed E-state index contributed by atoms with van der Waals surface area (Å²) < 4.78 is 6.71. The van der Waals surface area contributed by atoms with Crippen LogP contribution in [-0.4, -0.2) is 26.6 Å². The highest BCUT2D eigenvalue weighted by Crippen LogP contribution is 2.28. The number of nitrogens with zero attached hydrogens (tertiary/aromatic N) is 3. The number of hydrogen-bond donors (Lipinski definition) is 1. The van der Waals surface area contributed by atoms with Crippen molar-refractivity contribution in [3.8, 4) is 0 Å². The molecule has 0 aliphatic carbocycles. The minimum absolute atomic E-state index is 0.0155. The Bertz CT molecular complexity index is 1530. The van der Waals surface area contributed by atoms with Gasteiger partial charge in [0.25, 0.3) is 17.2 Å². The number of aromatic nitrogens is 2. The van der Waals surface area contributed by atoms with Gasteiger partial charge < -0.3 is 10.1 Å². The molecule has 1 heterocycles. The topological polar surface area (TPSA) is 133 Å². The molecule has 4 rings (SSSR count). The number of nitro benzene ring substituents is 1. The van der Waals surface area contributed by atoms with E-state index in [1.54, 1.807) is 67.6 Å². The fraction of sp³-hybridized carbons (Fsp3) is 0.154. The monoisotopic (exact) mass is 486 g/mol. The van der Waals surface area contributed by atoms with E-state index < -0.39 is 22.9 Å². The average Bonchev–Trinajstić information content (AvgIpc) is 2.87. The molecule has 3 aromatic carbocycles. The lowest BCUT2D eigenvalue weighted by atomic mass is 10.1. The molecule has 0 saturated heterocycles. The van der Waals surface area contributed by atoms with E-state index in [1.807, 2.05) is 0 Å². The van der Waals surface area contributed by atoms with E-state index in [2.05, 4.69) is 10.4 Å². The summed E-state index contributed by atoms with van der Waals surface area (Å²) in [6.07, 6.45) is -1.67. The van der Waals surface area contributed by atoms with Gasteiger partial charge in [0, 0.05) is 24.1 Å². The Morgan fingerprint density at radius 1 is 1.06 bits per heavy atom. The average molecular weight is 486 g/mol. The summed E-state index contributed by atoms with van der Waals surface area (Å²) in [6, 6.07) is 19.5. The van der Waals surface area contributed by atoms with Crippen molar-refractivity contribution in [2.75, 3.05) is 5.32 Å². The van der Waals surface area contributed by atoms with Crippen LogP contribution < -0.4 is 10.9 Å². The van der Waals surface area contributed by atoms with Crippen LogP contribution in [0.25, 0.3) is 10.8 Å². The van der Waals surface area contributed by atoms with Crippen molar-refractivity contribution in [3.63, 3.8) is 0 Å². The molecule has 0 spiro atoms. The highest BCUT2D eigenvalue weighted by molar-refractivity contribution is 5.98. The predicted octanol–water partition coefficient (Wildman–Crippen LogP) is 3.62. The number of amides is 1. The maximum absolute atomic E-state index is 13.2.